The quantitative estimate of drug-likeness (QED) is 0.834. The van der Waals surface area contributed by atoms with Crippen LogP contribution < -0.4 is 19.5 Å². The molecule has 2 rings (SSSR count). The summed E-state index contributed by atoms with van der Waals surface area (Å²) in [5, 5.41) is 8.67. The van der Waals surface area contributed by atoms with Gasteiger partial charge in [0.15, 0.2) is 12.4 Å². The molecule has 5 nitrogen and oxygen atoms in total. The number of nitriles is 1. The smallest absolute Gasteiger partial charge is 0.268 e. The highest BCUT2D eigenvalue weighted by Gasteiger charge is 2.19. The lowest BCUT2D eigenvalue weighted by Gasteiger charge is -2.12. The third-order valence-electron chi connectivity index (χ3n) is 3.55. The molecular formula is C19H20N2O3S. The molecule has 6 heteroatoms. The molecule has 130 valence electrons. The third kappa shape index (κ3) is 4.46. The molecule has 0 radical (unpaired) electrons. The highest BCUT2D eigenvalue weighted by atomic mass is 32.1. The Kier molecular flexibility index (Phi) is 5.60. The Bertz CT molecular complexity index is 1000. The molecule has 0 atom stereocenters. The number of carbonyl (C=O) groups is 1. The van der Waals surface area contributed by atoms with Crippen molar-refractivity contribution in [2.24, 2.45) is 12.5 Å². The normalized spacial score (nSPS) is 12.9. The van der Waals surface area contributed by atoms with Crippen molar-refractivity contribution >= 4 is 29.3 Å². The Balaban J connectivity index is 2.57. The molecule has 0 aliphatic carbocycles. The maximum Gasteiger partial charge on any atom is 0.268 e. The van der Waals surface area contributed by atoms with E-state index in [1.165, 1.54) is 22.0 Å². The molecule has 0 fully saturated rings. The van der Waals surface area contributed by atoms with E-state index in [9.17, 15) is 9.59 Å². The Morgan fingerprint density at radius 3 is 2.68 bits per heavy atom. The first-order valence-electron chi connectivity index (χ1n) is 7.76. The van der Waals surface area contributed by atoms with Gasteiger partial charge in [0.25, 0.3) is 5.56 Å². The Morgan fingerprint density at radius 2 is 2.04 bits per heavy atom. The predicted octanol–water partition coefficient (Wildman–Crippen LogP) is 1.57. The standard InChI is InChI=1S/C19H20N2O3S/c1-19(2,3)16(22)12-17-21(4)18(23)15(25-17)11-13-7-5-6-8-14(13)24-10-9-20/h5-8,11-12H,10H2,1-4H3/b15-11+,17-12-. The van der Waals surface area contributed by atoms with Gasteiger partial charge in [-0.2, -0.15) is 5.26 Å². The fourth-order valence-corrected chi connectivity index (χ4v) is 3.04. The van der Waals surface area contributed by atoms with Crippen molar-refractivity contribution in [3.8, 4) is 11.8 Å². The van der Waals surface area contributed by atoms with Crippen LogP contribution in [0.1, 0.15) is 26.3 Å². The molecule has 0 bridgehead atoms. The van der Waals surface area contributed by atoms with Gasteiger partial charge < -0.3 is 9.30 Å². The van der Waals surface area contributed by atoms with E-state index < -0.39 is 5.41 Å². The van der Waals surface area contributed by atoms with Crippen LogP contribution >= 0.6 is 11.3 Å². The summed E-state index contributed by atoms with van der Waals surface area (Å²) >= 11 is 1.26. The molecule has 1 heterocycles. The number of aromatic nitrogens is 1. The van der Waals surface area contributed by atoms with E-state index in [2.05, 4.69) is 0 Å². The van der Waals surface area contributed by atoms with Gasteiger partial charge in [-0.1, -0.05) is 39.0 Å². The molecule has 25 heavy (non-hydrogen) atoms. The summed E-state index contributed by atoms with van der Waals surface area (Å²) in [6, 6.07) is 9.12. The number of hydrogen-bond acceptors (Lipinski definition) is 5. The van der Waals surface area contributed by atoms with Crippen LogP contribution in [0, 0.1) is 16.7 Å². The summed E-state index contributed by atoms with van der Waals surface area (Å²) in [6.07, 6.45) is 3.24. The summed E-state index contributed by atoms with van der Waals surface area (Å²) in [7, 11) is 1.65. The molecule has 0 spiro atoms. The van der Waals surface area contributed by atoms with Gasteiger partial charge in [-0.05, 0) is 12.1 Å². The average molecular weight is 356 g/mol. The monoisotopic (exact) mass is 356 g/mol. The van der Waals surface area contributed by atoms with E-state index >= 15 is 0 Å². The summed E-state index contributed by atoms with van der Waals surface area (Å²) in [5.74, 6) is 0.504. The van der Waals surface area contributed by atoms with Gasteiger partial charge in [0.1, 0.15) is 16.5 Å². The number of nitrogens with zero attached hydrogens (tertiary/aromatic N) is 2. The molecule has 0 saturated heterocycles. The number of thiazole rings is 1. The SMILES string of the molecule is Cn1c(=O)/c(=C\c2ccccc2OCC#N)s/c1=C\C(=O)C(C)(C)C. The van der Waals surface area contributed by atoms with Crippen molar-refractivity contribution in [2.75, 3.05) is 6.61 Å². The largest absolute Gasteiger partial charge is 0.478 e. The fourth-order valence-electron chi connectivity index (χ4n) is 2.02. The molecular weight excluding hydrogens is 336 g/mol. The first kappa shape index (κ1) is 18.7. The van der Waals surface area contributed by atoms with Crippen LogP contribution in [0.2, 0.25) is 0 Å². The predicted molar refractivity (Wildman–Crippen MR) is 98.9 cm³/mol. The molecule has 1 aromatic heterocycles. The zero-order chi connectivity index (χ0) is 18.6. The zero-order valence-corrected chi connectivity index (χ0v) is 15.5. The lowest BCUT2D eigenvalue weighted by molar-refractivity contribution is -0.120. The van der Waals surface area contributed by atoms with Crippen LogP contribution in [0.3, 0.4) is 0 Å². The number of Topliss-reactive ketones (excluding diaryl/α,β-unsaturated/α-hetero) is 1. The zero-order valence-electron chi connectivity index (χ0n) is 14.7. The summed E-state index contributed by atoms with van der Waals surface area (Å²) < 4.78 is 7.96. The van der Waals surface area contributed by atoms with Gasteiger partial charge in [0, 0.05) is 24.1 Å². The third-order valence-corrected chi connectivity index (χ3v) is 4.67. The summed E-state index contributed by atoms with van der Waals surface area (Å²) in [6.45, 7) is 5.46. The van der Waals surface area contributed by atoms with E-state index in [1.54, 1.807) is 25.3 Å². The average Bonchev–Trinajstić information content (AvgIpc) is 2.81. The number of benzene rings is 1. The number of hydrogen-bond donors (Lipinski definition) is 0. The highest BCUT2D eigenvalue weighted by Crippen LogP contribution is 2.18. The van der Waals surface area contributed by atoms with Crippen LogP contribution in [0.15, 0.2) is 29.1 Å². The minimum atomic E-state index is -0.498. The van der Waals surface area contributed by atoms with Crippen molar-refractivity contribution in [3.05, 3.63) is 49.4 Å². The van der Waals surface area contributed by atoms with Crippen molar-refractivity contribution in [3.63, 3.8) is 0 Å². The van der Waals surface area contributed by atoms with E-state index in [0.29, 0.717) is 20.5 Å². The Morgan fingerprint density at radius 1 is 1.36 bits per heavy atom. The Hall–Kier alpha value is -2.65. The minimum absolute atomic E-state index is 0.0337. The number of carbonyl (C=O) groups excluding carboxylic acids is 1. The molecule has 0 aliphatic rings. The number of ketones is 1. The van der Waals surface area contributed by atoms with E-state index in [-0.39, 0.29) is 17.9 Å². The van der Waals surface area contributed by atoms with Crippen molar-refractivity contribution in [2.45, 2.75) is 20.8 Å². The molecule has 0 unspecified atom stereocenters. The lowest BCUT2D eigenvalue weighted by Crippen LogP contribution is -2.30. The van der Waals surface area contributed by atoms with Crippen LogP contribution in [0.5, 0.6) is 5.75 Å². The van der Waals surface area contributed by atoms with Crippen LogP contribution in [0.4, 0.5) is 0 Å². The van der Waals surface area contributed by atoms with Gasteiger partial charge in [0.2, 0.25) is 0 Å². The van der Waals surface area contributed by atoms with E-state index in [0.717, 1.165) is 0 Å². The second-order valence-electron chi connectivity index (χ2n) is 6.56. The molecule has 0 N–H and O–H groups in total. The van der Waals surface area contributed by atoms with Crippen LogP contribution in [0.25, 0.3) is 12.2 Å². The maximum absolute atomic E-state index is 12.5. The number of rotatable bonds is 4. The van der Waals surface area contributed by atoms with Gasteiger partial charge in [-0.3, -0.25) is 9.59 Å². The molecule has 2 aromatic rings. The Labute approximate surface area is 150 Å². The van der Waals surface area contributed by atoms with Crippen molar-refractivity contribution < 1.29 is 9.53 Å². The maximum atomic E-state index is 12.5. The van der Waals surface area contributed by atoms with Gasteiger partial charge in [-0.25, -0.2) is 0 Å². The lowest BCUT2D eigenvalue weighted by atomic mass is 9.91. The first-order chi connectivity index (χ1) is 11.7. The minimum Gasteiger partial charge on any atom is -0.478 e. The first-order valence-corrected chi connectivity index (χ1v) is 8.58. The van der Waals surface area contributed by atoms with Gasteiger partial charge in [-0.15, -0.1) is 11.3 Å². The van der Waals surface area contributed by atoms with E-state index in [4.69, 9.17) is 10.00 Å². The second-order valence-corrected chi connectivity index (χ2v) is 7.62. The summed E-state index contributed by atoms with van der Waals surface area (Å²) in [5.41, 5.74) is 0.0419. The number of para-hydroxylation sites is 1. The van der Waals surface area contributed by atoms with E-state index in [1.807, 2.05) is 39.0 Å². The van der Waals surface area contributed by atoms with Gasteiger partial charge in [0.05, 0.1) is 4.53 Å². The van der Waals surface area contributed by atoms with Crippen molar-refractivity contribution in [1.29, 1.82) is 5.26 Å². The molecule has 0 amide bonds. The highest BCUT2D eigenvalue weighted by molar-refractivity contribution is 7.07. The molecule has 0 aliphatic heterocycles. The molecule has 1 aromatic carbocycles. The molecule has 0 saturated carbocycles. The topological polar surface area (TPSA) is 72.1 Å². The number of ether oxygens (including phenoxy) is 1. The fraction of sp³-hybridized carbons (Fsp3) is 0.316. The van der Waals surface area contributed by atoms with Crippen LogP contribution in [-0.4, -0.2) is 17.0 Å². The van der Waals surface area contributed by atoms with Crippen molar-refractivity contribution in [1.82, 2.24) is 4.57 Å². The van der Waals surface area contributed by atoms with Gasteiger partial charge >= 0.3 is 0 Å². The van der Waals surface area contributed by atoms with Crippen LogP contribution in [-0.2, 0) is 11.8 Å². The summed E-state index contributed by atoms with van der Waals surface area (Å²) in [4.78, 5) is 24.7. The second kappa shape index (κ2) is 7.49.